The lowest BCUT2D eigenvalue weighted by Gasteiger charge is -2.29. The van der Waals surface area contributed by atoms with Gasteiger partial charge in [0, 0.05) is 18.5 Å². The first-order chi connectivity index (χ1) is 13.5. The number of carbonyl (C=O) groups is 1. The van der Waals surface area contributed by atoms with Crippen molar-refractivity contribution < 1.29 is 9.69 Å². The van der Waals surface area contributed by atoms with Crippen LogP contribution in [0.1, 0.15) is 35.6 Å². The molecule has 0 bridgehead atoms. The van der Waals surface area contributed by atoms with Crippen LogP contribution in [0.4, 0.5) is 5.69 Å². The van der Waals surface area contributed by atoms with Crippen molar-refractivity contribution in [2.24, 2.45) is 0 Å². The van der Waals surface area contributed by atoms with E-state index in [0.29, 0.717) is 12.6 Å². The normalized spacial score (nSPS) is 19.7. The van der Waals surface area contributed by atoms with Crippen molar-refractivity contribution in [2.75, 3.05) is 25.0 Å². The Balaban J connectivity index is 1.35. The molecule has 0 aliphatic carbocycles. The maximum absolute atomic E-state index is 12.6. The van der Waals surface area contributed by atoms with Gasteiger partial charge >= 0.3 is 0 Å². The molecule has 1 aliphatic heterocycles. The Bertz CT molecular complexity index is 978. The molecule has 2 N–H and O–H groups in total. The van der Waals surface area contributed by atoms with Crippen molar-refractivity contribution in [1.29, 1.82) is 0 Å². The minimum Gasteiger partial charge on any atom is -0.327 e. The highest BCUT2D eigenvalue weighted by molar-refractivity contribution is 5.93. The standard InChI is InChI=1S/C22H27N5O/c1-15-12-16(2)22(17(3)13-15)23-21(28)14-26-10-8-18(9-11-26)27-20-7-5-4-6-19(20)24-25-27/h4-7,12-13,18H,8-11,14H2,1-3H3,(H,23,28)/p+1. The topological polar surface area (TPSA) is 64.2 Å². The summed E-state index contributed by atoms with van der Waals surface area (Å²) < 4.78 is 2.06. The molecule has 1 aliphatic rings. The second-order valence-electron chi connectivity index (χ2n) is 8.00. The number of anilines is 1. The largest absolute Gasteiger partial charge is 0.327 e. The number of aromatic nitrogens is 3. The van der Waals surface area contributed by atoms with E-state index in [-0.39, 0.29) is 5.91 Å². The highest BCUT2D eigenvalue weighted by Gasteiger charge is 2.27. The van der Waals surface area contributed by atoms with E-state index in [9.17, 15) is 4.79 Å². The number of hydrogen-bond acceptors (Lipinski definition) is 3. The molecule has 2 aromatic carbocycles. The summed E-state index contributed by atoms with van der Waals surface area (Å²) in [4.78, 5) is 13.9. The highest BCUT2D eigenvalue weighted by Crippen LogP contribution is 2.22. The van der Waals surface area contributed by atoms with Crippen molar-refractivity contribution in [3.05, 3.63) is 53.1 Å². The van der Waals surface area contributed by atoms with Gasteiger partial charge in [-0.1, -0.05) is 35.0 Å². The van der Waals surface area contributed by atoms with Crippen LogP contribution in [-0.2, 0) is 4.79 Å². The van der Waals surface area contributed by atoms with Crippen LogP contribution in [0, 0.1) is 20.8 Å². The molecule has 0 radical (unpaired) electrons. The van der Waals surface area contributed by atoms with Gasteiger partial charge in [0.1, 0.15) is 5.52 Å². The first kappa shape index (κ1) is 18.6. The zero-order valence-corrected chi connectivity index (χ0v) is 16.8. The number of amides is 1. The number of nitrogens with one attached hydrogen (secondary N) is 2. The van der Waals surface area contributed by atoms with Gasteiger partial charge in [0.05, 0.1) is 24.6 Å². The van der Waals surface area contributed by atoms with Crippen molar-refractivity contribution in [3.63, 3.8) is 0 Å². The third-order valence-corrected chi connectivity index (χ3v) is 5.74. The molecule has 4 rings (SSSR count). The molecule has 0 spiro atoms. The number of carbonyl (C=O) groups excluding carboxylic acids is 1. The maximum atomic E-state index is 12.6. The summed E-state index contributed by atoms with van der Waals surface area (Å²) in [5.41, 5.74) is 6.47. The van der Waals surface area contributed by atoms with Gasteiger partial charge in [-0.2, -0.15) is 0 Å². The van der Waals surface area contributed by atoms with Crippen LogP contribution in [0.25, 0.3) is 11.0 Å². The fourth-order valence-electron chi connectivity index (χ4n) is 4.38. The summed E-state index contributed by atoms with van der Waals surface area (Å²) in [5, 5.41) is 11.8. The molecule has 1 amide bonds. The summed E-state index contributed by atoms with van der Waals surface area (Å²) in [6.45, 7) is 8.64. The fourth-order valence-corrected chi connectivity index (χ4v) is 4.38. The molecule has 6 heteroatoms. The van der Waals surface area contributed by atoms with Gasteiger partial charge in [0.25, 0.3) is 5.91 Å². The SMILES string of the molecule is Cc1cc(C)c(NC(=O)C[NH+]2CCC(n3nnc4ccccc43)CC2)c(C)c1. The lowest BCUT2D eigenvalue weighted by atomic mass is 10.0. The molecule has 0 unspecified atom stereocenters. The summed E-state index contributed by atoms with van der Waals surface area (Å²) in [5.74, 6) is 0.0923. The van der Waals surface area contributed by atoms with Crippen LogP contribution < -0.4 is 10.2 Å². The minimum atomic E-state index is 0.0923. The van der Waals surface area contributed by atoms with Crippen LogP contribution >= 0.6 is 0 Å². The van der Waals surface area contributed by atoms with E-state index in [2.05, 4.69) is 59.3 Å². The zero-order valence-electron chi connectivity index (χ0n) is 16.8. The molecule has 0 saturated carbocycles. The minimum absolute atomic E-state index is 0.0923. The van der Waals surface area contributed by atoms with Gasteiger partial charge in [0.15, 0.2) is 6.54 Å². The van der Waals surface area contributed by atoms with Crippen LogP contribution in [0.5, 0.6) is 0 Å². The lowest BCUT2D eigenvalue weighted by molar-refractivity contribution is -0.897. The van der Waals surface area contributed by atoms with Crippen molar-refractivity contribution in [3.8, 4) is 0 Å². The monoisotopic (exact) mass is 378 g/mol. The number of hydrogen-bond donors (Lipinski definition) is 2. The third-order valence-electron chi connectivity index (χ3n) is 5.74. The molecule has 28 heavy (non-hydrogen) atoms. The molecule has 1 fully saturated rings. The lowest BCUT2D eigenvalue weighted by Crippen LogP contribution is -3.14. The average molecular weight is 379 g/mol. The Morgan fingerprint density at radius 3 is 2.54 bits per heavy atom. The number of nitrogens with zero attached hydrogens (tertiary/aromatic N) is 3. The van der Waals surface area contributed by atoms with Gasteiger partial charge in [-0.25, -0.2) is 4.68 Å². The molecule has 146 valence electrons. The van der Waals surface area contributed by atoms with Crippen LogP contribution in [-0.4, -0.2) is 40.5 Å². The van der Waals surface area contributed by atoms with Gasteiger partial charge in [-0.05, 0) is 44.0 Å². The van der Waals surface area contributed by atoms with E-state index >= 15 is 0 Å². The van der Waals surface area contributed by atoms with E-state index in [1.165, 1.54) is 10.5 Å². The van der Waals surface area contributed by atoms with Gasteiger partial charge < -0.3 is 10.2 Å². The highest BCUT2D eigenvalue weighted by atomic mass is 16.2. The number of fused-ring (bicyclic) bond motifs is 1. The molecule has 2 heterocycles. The van der Waals surface area contributed by atoms with Crippen LogP contribution in [0.3, 0.4) is 0 Å². The van der Waals surface area contributed by atoms with E-state index < -0.39 is 0 Å². The van der Waals surface area contributed by atoms with E-state index in [4.69, 9.17) is 0 Å². The number of benzene rings is 2. The Morgan fingerprint density at radius 1 is 1.14 bits per heavy atom. The van der Waals surface area contributed by atoms with Gasteiger partial charge in [-0.15, -0.1) is 5.10 Å². The maximum Gasteiger partial charge on any atom is 0.279 e. The number of likely N-dealkylation sites (tertiary alicyclic amines) is 1. The summed E-state index contributed by atoms with van der Waals surface area (Å²) in [6, 6.07) is 12.7. The van der Waals surface area contributed by atoms with E-state index in [1.807, 2.05) is 18.2 Å². The summed E-state index contributed by atoms with van der Waals surface area (Å²) >= 11 is 0. The molecule has 1 aromatic heterocycles. The summed E-state index contributed by atoms with van der Waals surface area (Å²) in [6.07, 6.45) is 2.02. The number of rotatable bonds is 4. The van der Waals surface area contributed by atoms with Gasteiger partial charge in [-0.3, -0.25) is 4.79 Å². The average Bonchev–Trinajstić information content (AvgIpc) is 3.09. The summed E-state index contributed by atoms with van der Waals surface area (Å²) in [7, 11) is 0. The van der Waals surface area contributed by atoms with Crippen molar-refractivity contribution in [1.82, 2.24) is 15.0 Å². The first-order valence-electron chi connectivity index (χ1n) is 10.0. The predicted molar refractivity (Wildman–Crippen MR) is 111 cm³/mol. The van der Waals surface area contributed by atoms with Crippen molar-refractivity contribution >= 4 is 22.6 Å². The van der Waals surface area contributed by atoms with E-state index in [1.54, 1.807) is 0 Å². The number of quaternary nitrogens is 1. The Labute approximate surface area is 165 Å². The van der Waals surface area contributed by atoms with Crippen molar-refractivity contribution in [2.45, 2.75) is 39.7 Å². The Morgan fingerprint density at radius 2 is 1.82 bits per heavy atom. The zero-order chi connectivity index (χ0) is 19.7. The second kappa shape index (κ2) is 7.72. The first-order valence-corrected chi connectivity index (χ1v) is 10.0. The van der Waals surface area contributed by atoms with Gasteiger partial charge in [0.2, 0.25) is 0 Å². The molecule has 1 saturated heterocycles. The number of para-hydroxylation sites is 1. The molecular formula is C22H28N5O+. The van der Waals surface area contributed by atoms with E-state index in [0.717, 1.165) is 53.8 Å². The smallest absolute Gasteiger partial charge is 0.279 e. The Kier molecular flexibility index (Phi) is 5.13. The molecular weight excluding hydrogens is 350 g/mol. The predicted octanol–water partition coefficient (Wildman–Crippen LogP) is 2.22. The molecule has 3 aromatic rings. The Hall–Kier alpha value is -2.73. The van der Waals surface area contributed by atoms with Crippen LogP contribution in [0.15, 0.2) is 36.4 Å². The second-order valence-corrected chi connectivity index (χ2v) is 8.00. The van der Waals surface area contributed by atoms with Crippen LogP contribution in [0.2, 0.25) is 0 Å². The molecule has 6 nitrogen and oxygen atoms in total. The third kappa shape index (κ3) is 3.78. The number of piperidine rings is 1. The molecule has 0 atom stereocenters. The number of aryl methyl sites for hydroxylation is 3. The fraction of sp³-hybridized carbons (Fsp3) is 0.409. The quantitative estimate of drug-likeness (QED) is 0.732.